The van der Waals surface area contributed by atoms with Crippen molar-refractivity contribution in [1.29, 1.82) is 0 Å². The molecule has 1 aromatic heterocycles. The second-order valence-corrected chi connectivity index (χ2v) is 5.27. The highest BCUT2D eigenvalue weighted by atomic mass is 19.4. The predicted molar refractivity (Wildman–Crippen MR) is 79.3 cm³/mol. The Kier molecular flexibility index (Phi) is 5.42. The normalized spacial score (nSPS) is 14.0. The first-order valence-corrected chi connectivity index (χ1v) is 7.22. The molecule has 0 bridgehead atoms. The molecule has 1 N–H and O–H groups in total. The zero-order valence-corrected chi connectivity index (χ0v) is 13.1. The number of carbonyl (C=O) groups is 1. The van der Waals surface area contributed by atoms with Crippen LogP contribution in [0.2, 0.25) is 0 Å². The Hall–Kier alpha value is -2.58. The van der Waals surface area contributed by atoms with E-state index in [1.807, 2.05) is 0 Å². The Morgan fingerprint density at radius 3 is 2.67 bits per heavy atom. The summed E-state index contributed by atoms with van der Waals surface area (Å²) < 4.78 is 45.2. The zero-order valence-electron chi connectivity index (χ0n) is 13.1. The topological polar surface area (TPSA) is 69.0 Å². The van der Waals surface area contributed by atoms with Crippen molar-refractivity contribution in [1.82, 2.24) is 20.1 Å². The Labute approximate surface area is 136 Å². The van der Waals surface area contributed by atoms with Crippen LogP contribution in [0.1, 0.15) is 25.5 Å². The lowest BCUT2D eigenvalue weighted by Crippen LogP contribution is -2.40. The molecule has 0 aliphatic heterocycles. The third-order valence-corrected chi connectivity index (χ3v) is 3.28. The fourth-order valence-corrected chi connectivity index (χ4v) is 1.98. The fourth-order valence-electron chi connectivity index (χ4n) is 1.98. The first kappa shape index (κ1) is 17.8. The summed E-state index contributed by atoms with van der Waals surface area (Å²) in [6.45, 7) is 3.18. The Morgan fingerprint density at radius 1 is 1.33 bits per heavy atom. The van der Waals surface area contributed by atoms with E-state index >= 15 is 0 Å². The molecule has 2 atom stereocenters. The van der Waals surface area contributed by atoms with Crippen LogP contribution in [0.4, 0.5) is 13.2 Å². The monoisotopic (exact) mass is 342 g/mol. The van der Waals surface area contributed by atoms with E-state index in [1.54, 1.807) is 13.8 Å². The van der Waals surface area contributed by atoms with Crippen molar-refractivity contribution in [3.63, 3.8) is 0 Å². The molecule has 0 saturated heterocycles. The quantitative estimate of drug-likeness (QED) is 0.875. The summed E-state index contributed by atoms with van der Waals surface area (Å²) >= 11 is 0. The number of amides is 1. The van der Waals surface area contributed by atoms with Gasteiger partial charge in [0.1, 0.15) is 31.1 Å². The number of rotatable bonds is 6. The van der Waals surface area contributed by atoms with Crippen molar-refractivity contribution in [2.75, 3.05) is 6.61 Å². The number of aromatic nitrogens is 3. The van der Waals surface area contributed by atoms with E-state index in [1.165, 1.54) is 35.5 Å². The molecule has 9 heteroatoms. The Balaban J connectivity index is 1.92. The van der Waals surface area contributed by atoms with Gasteiger partial charge in [0.25, 0.3) is 0 Å². The lowest BCUT2D eigenvalue weighted by atomic mass is 10.2. The number of nitrogens with one attached hydrogen (secondary N) is 1. The van der Waals surface area contributed by atoms with Crippen molar-refractivity contribution in [3.8, 4) is 5.75 Å². The van der Waals surface area contributed by atoms with E-state index < -0.39 is 23.8 Å². The summed E-state index contributed by atoms with van der Waals surface area (Å²) in [5.41, 5.74) is -0.848. The zero-order chi connectivity index (χ0) is 17.7. The van der Waals surface area contributed by atoms with E-state index in [0.29, 0.717) is 0 Å². The molecular formula is C15H17F3N4O2. The van der Waals surface area contributed by atoms with Crippen LogP contribution in [-0.2, 0) is 11.0 Å². The highest BCUT2D eigenvalue weighted by Crippen LogP contribution is 2.35. The summed E-state index contributed by atoms with van der Waals surface area (Å²) in [5, 5.41) is 6.53. The van der Waals surface area contributed by atoms with E-state index in [2.05, 4.69) is 15.4 Å². The fraction of sp³-hybridized carbons (Fsp3) is 0.400. The first-order chi connectivity index (χ1) is 11.3. The van der Waals surface area contributed by atoms with Gasteiger partial charge in [-0.05, 0) is 26.0 Å². The minimum atomic E-state index is -4.50. The number of ether oxygens (including phenoxy) is 1. The molecule has 24 heavy (non-hydrogen) atoms. The number of alkyl halides is 3. The van der Waals surface area contributed by atoms with E-state index in [0.717, 1.165) is 6.07 Å². The van der Waals surface area contributed by atoms with E-state index in [9.17, 15) is 18.0 Å². The molecule has 1 amide bonds. The van der Waals surface area contributed by atoms with Gasteiger partial charge in [-0.15, -0.1) is 0 Å². The lowest BCUT2D eigenvalue weighted by Gasteiger charge is -2.19. The van der Waals surface area contributed by atoms with Crippen LogP contribution in [0.5, 0.6) is 5.75 Å². The largest absolute Gasteiger partial charge is 0.491 e. The molecule has 2 rings (SSSR count). The van der Waals surface area contributed by atoms with Crippen LogP contribution in [0, 0.1) is 0 Å². The first-order valence-electron chi connectivity index (χ1n) is 7.22. The second-order valence-electron chi connectivity index (χ2n) is 5.27. The third kappa shape index (κ3) is 4.46. The highest BCUT2D eigenvalue weighted by molar-refractivity contribution is 5.79. The Morgan fingerprint density at radius 2 is 2.04 bits per heavy atom. The maximum atomic E-state index is 12.9. The number of hydrogen-bond donors (Lipinski definition) is 1. The van der Waals surface area contributed by atoms with Crippen molar-refractivity contribution in [3.05, 3.63) is 42.5 Å². The molecule has 2 aromatic rings. The van der Waals surface area contributed by atoms with Gasteiger partial charge in [-0.1, -0.05) is 12.1 Å². The number of carbonyl (C=O) groups excluding carboxylic acids is 1. The van der Waals surface area contributed by atoms with E-state index in [-0.39, 0.29) is 18.3 Å². The molecule has 1 aromatic carbocycles. The third-order valence-electron chi connectivity index (χ3n) is 3.28. The van der Waals surface area contributed by atoms with Crippen molar-refractivity contribution < 1.29 is 22.7 Å². The van der Waals surface area contributed by atoms with Crippen LogP contribution in [0.3, 0.4) is 0 Å². The summed E-state index contributed by atoms with van der Waals surface area (Å²) in [6, 6.07) is 3.88. The molecule has 0 spiro atoms. The van der Waals surface area contributed by atoms with Crippen LogP contribution in [0.25, 0.3) is 0 Å². The molecule has 0 radical (unpaired) electrons. The molecule has 0 aliphatic rings. The number of nitrogens with zero attached hydrogens (tertiary/aromatic N) is 3. The summed E-state index contributed by atoms with van der Waals surface area (Å²) in [5.74, 6) is -0.601. The minimum absolute atomic E-state index is 0.0943. The van der Waals surface area contributed by atoms with Gasteiger partial charge in [0.05, 0.1) is 11.6 Å². The Bertz CT molecular complexity index is 674. The van der Waals surface area contributed by atoms with E-state index in [4.69, 9.17) is 4.74 Å². The van der Waals surface area contributed by atoms with Crippen LogP contribution in [0.15, 0.2) is 36.9 Å². The van der Waals surface area contributed by atoms with Gasteiger partial charge in [0.2, 0.25) is 5.91 Å². The predicted octanol–water partition coefficient (Wildman–Crippen LogP) is 2.44. The van der Waals surface area contributed by atoms with Crippen LogP contribution in [-0.4, -0.2) is 33.3 Å². The van der Waals surface area contributed by atoms with Crippen LogP contribution >= 0.6 is 0 Å². The standard InChI is InChI=1S/C15H17F3N4O2/c1-10(21-14(23)11(2)22-9-19-8-20-22)7-24-13-6-4-3-5-12(13)15(16,17)18/h3-6,8-11H,7H2,1-2H3,(H,21,23)/t10-,11+/m0/s1. The molecular weight excluding hydrogens is 325 g/mol. The molecule has 130 valence electrons. The second kappa shape index (κ2) is 7.33. The van der Waals surface area contributed by atoms with Crippen molar-refractivity contribution >= 4 is 5.91 Å². The molecule has 6 nitrogen and oxygen atoms in total. The molecule has 0 fully saturated rings. The maximum absolute atomic E-state index is 12.9. The summed E-state index contributed by atoms with van der Waals surface area (Å²) in [4.78, 5) is 15.8. The maximum Gasteiger partial charge on any atom is 0.419 e. The lowest BCUT2D eigenvalue weighted by molar-refractivity contribution is -0.139. The van der Waals surface area contributed by atoms with Gasteiger partial charge in [0.15, 0.2) is 0 Å². The molecule has 0 saturated carbocycles. The number of halogens is 3. The summed E-state index contributed by atoms with van der Waals surface area (Å²) in [7, 11) is 0. The van der Waals surface area contributed by atoms with Gasteiger partial charge in [-0.2, -0.15) is 18.3 Å². The number of benzene rings is 1. The van der Waals surface area contributed by atoms with Gasteiger partial charge in [0, 0.05) is 0 Å². The molecule has 0 aliphatic carbocycles. The van der Waals surface area contributed by atoms with Gasteiger partial charge in [-0.25, -0.2) is 9.67 Å². The average Bonchev–Trinajstić information content (AvgIpc) is 3.06. The molecule has 0 unspecified atom stereocenters. The number of para-hydroxylation sites is 1. The van der Waals surface area contributed by atoms with Crippen molar-refractivity contribution in [2.45, 2.75) is 32.1 Å². The SMILES string of the molecule is C[C@H](C(=O)N[C@@H](C)COc1ccccc1C(F)(F)F)n1cncn1. The van der Waals surface area contributed by atoms with Crippen LogP contribution < -0.4 is 10.1 Å². The summed E-state index contributed by atoms with van der Waals surface area (Å²) in [6.07, 6.45) is -1.78. The van der Waals surface area contributed by atoms with Gasteiger partial charge in [-0.3, -0.25) is 4.79 Å². The number of hydrogen-bond acceptors (Lipinski definition) is 4. The average molecular weight is 342 g/mol. The van der Waals surface area contributed by atoms with Gasteiger partial charge < -0.3 is 10.1 Å². The minimum Gasteiger partial charge on any atom is -0.491 e. The van der Waals surface area contributed by atoms with Crippen molar-refractivity contribution in [2.24, 2.45) is 0 Å². The smallest absolute Gasteiger partial charge is 0.419 e. The van der Waals surface area contributed by atoms with Gasteiger partial charge >= 0.3 is 6.18 Å². The highest BCUT2D eigenvalue weighted by Gasteiger charge is 2.34. The molecule has 1 heterocycles.